The number of rotatable bonds is 2. The molecule has 1 saturated heterocycles. The van der Waals surface area contributed by atoms with Gasteiger partial charge in [-0.3, -0.25) is 4.90 Å². The zero-order valence-corrected chi connectivity index (χ0v) is 9.55. The molecule has 3 rings (SSSR count). The lowest BCUT2D eigenvalue weighted by molar-refractivity contribution is 0.151. The topological polar surface area (TPSA) is 24.5 Å². The van der Waals surface area contributed by atoms with E-state index in [1.165, 1.54) is 25.9 Å². The summed E-state index contributed by atoms with van der Waals surface area (Å²) in [7, 11) is 0. The highest BCUT2D eigenvalue weighted by atomic mass is 32.1. The standard InChI is InChI=1S/C11H16N2OS/c1-2-4-13(3-1)6-9-5-12-10-7-15-8-11(10)14-9/h7-9,12H,1-6H2. The van der Waals surface area contributed by atoms with Crippen molar-refractivity contribution in [2.45, 2.75) is 18.9 Å². The van der Waals surface area contributed by atoms with Gasteiger partial charge in [0.1, 0.15) is 6.10 Å². The number of likely N-dealkylation sites (tertiary alicyclic amines) is 1. The second-order valence-corrected chi connectivity index (χ2v) is 5.02. The number of nitrogens with zero attached hydrogens (tertiary/aromatic N) is 1. The van der Waals surface area contributed by atoms with Crippen LogP contribution in [0.5, 0.6) is 5.75 Å². The van der Waals surface area contributed by atoms with Crippen LogP contribution in [0, 0.1) is 0 Å². The minimum absolute atomic E-state index is 0.324. The van der Waals surface area contributed by atoms with Crippen molar-refractivity contribution in [2.75, 3.05) is 31.5 Å². The zero-order chi connectivity index (χ0) is 10.1. The highest BCUT2D eigenvalue weighted by molar-refractivity contribution is 7.08. The maximum absolute atomic E-state index is 5.94. The lowest BCUT2D eigenvalue weighted by Gasteiger charge is -2.28. The van der Waals surface area contributed by atoms with Crippen LogP contribution in [-0.2, 0) is 0 Å². The van der Waals surface area contributed by atoms with Crippen molar-refractivity contribution in [3.63, 3.8) is 0 Å². The first kappa shape index (κ1) is 9.48. The average Bonchev–Trinajstić information content (AvgIpc) is 2.87. The summed E-state index contributed by atoms with van der Waals surface area (Å²) in [5, 5.41) is 7.62. The molecule has 1 fully saturated rings. The molecule has 2 aliphatic heterocycles. The molecule has 1 aromatic rings. The summed E-state index contributed by atoms with van der Waals surface area (Å²) in [6, 6.07) is 0. The van der Waals surface area contributed by atoms with Gasteiger partial charge in [0, 0.05) is 17.3 Å². The van der Waals surface area contributed by atoms with Gasteiger partial charge >= 0.3 is 0 Å². The summed E-state index contributed by atoms with van der Waals surface area (Å²) >= 11 is 1.70. The highest BCUT2D eigenvalue weighted by Crippen LogP contribution is 2.32. The molecular weight excluding hydrogens is 208 g/mol. The van der Waals surface area contributed by atoms with E-state index in [1.54, 1.807) is 11.3 Å². The van der Waals surface area contributed by atoms with Gasteiger partial charge in [-0.15, -0.1) is 11.3 Å². The quantitative estimate of drug-likeness (QED) is 0.831. The molecule has 15 heavy (non-hydrogen) atoms. The summed E-state index contributed by atoms with van der Waals surface area (Å²) in [6.07, 6.45) is 3.03. The van der Waals surface area contributed by atoms with E-state index in [2.05, 4.69) is 21.0 Å². The Morgan fingerprint density at radius 3 is 3.13 bits per heavy atom. The number of fused-ring (bicyclic) bond motifs is 1. The predicted molar refractivity (Wildman–Crippen MR) is 62.9 cm³/mol. The number of anilines is 1. The first-order chi connectivity index (χ1) is 7.42. The van der Waals surface area contributed by atoms with Crippen molar-refractivity contribution in [1.29, 1.82) is 0 Å². The number of ether oxygens (including phenoxy) is 1. The number of hydrogen-bond acceptors (Lipinski definition) is 4. The Balaban J connectivity index is 1.61. The van der Waals surface area contributed by atoms with Crippen LogP contribution in [0.25, 0.3) is 0 Å². The molecule has 0 bridgehead atoms. The molecule has 2 aliphatic rings. The highest BCUT2D eigenvalue weighted by Gasteiger charge is 2.23. The Labute approximate surface area is 94.0 Å². The first-order valence-corrected chi connectivity index (χ1v) is 6.55. The minimum Gasteiger partial charge on any atom is -0.484 e. The van der Waals surface area contributed by atoms with Gasteiger partial charge in [0.2, 0.25) is 0 Å². The van der Waals surface area contributed by atoms with Gasteiger partial charge in [0.25, 0.3) is 0 Å². The largest absolute Gasteiger partial charge is 0.484 e. The van der Waals surface area contributed by atoms with Crippen LogP contribution in [0.4, 0.5) is 5.69 Å². The van der Waals surface area contributed by atoms with Crippen LogP contribution >= 0.6 is 11.3 Å². The van der Waals surface area contributed by atoms with E-state index in [0.29, 0.717) is 6.10 Å². The van der Waals surface area contributed by atoms with Gasteiger partial charge < -0.3 is 10.1 Å². The van der Waals surface area contributed by atoms with E-state index in [1.807, 2.05) is 0 Å². The summed E-state index contributed by atoms with van der Waals surface area (Å²) in [6.45, 7) is 4.51. The summed E-state index contributed by atoms with van der Waals surface area (Å²) in [5.74, 6) is 1.04. The fourth-order valence-electron chi connectivity index (χ4n) is 2.31. The van der Waals surface area contributed by atoms with Crippen molar-refractivity contribution >= 4 is 17.0 Å². The fourth-order valence-corrected chi connectivity index (χ4v) is 3.02. The second-order valence-electron chi connectivity index (χ2n) is 4.28. The van der Waals surface area contributed by atoms with Crippen molar-refractivity contribution < 1.29 is 4.74 Å². The summed E-state index contributed by atoms with van der Waals surface area (Å²) in [4.78, 5) is 2.50. The molecule has 82 valence electrons. The average molecular weight is 224 g/mol. The molecule has 4 heteroatoms. The Morgan fingerprint density at radius 2 is 2.27 bits per heavy atom. The maximum Gasteiger partial charge on any atom is 0.153 e. The van der Waals surface area contributed by atoms with Crippen LogP contribution in [0.3, 0.4) is 0 Å². The zero-order valence-electron chi connectivity index (χ0n) is 8.74. The number of hydrogen-bond donors (Lipinski definition) is 1. The van der Waals surface area contributed by atoms with Gasteiger partial charge in [0.05, 0.1) is 12.2 Å². The van der Waals surface area contributed by atoms with Crippen molar-refractivity contribution in [2.24, 2.45) is 0 Å². The SMILES string of the molecule is c1scc2c1NCC(CN1CCCC1)O2. The number of nitrogens with one attached hydrogen (secondary N) is 1. The van der Waals surface area contributed by atoms with Crippen LogP contribution in [0.15, 0.2) is 10.8 Å². The van der Waals surface area contributed by atoms with Crippen LogP contribution in [-0.4, -0.2) is 37.2 Å². The first-order valence-electron chi connectivity index (χ1n) is 5.61. The molecule has 3 nitrogen and oxygen atoms in total. The molecular formula is C11H16N2OS. The Hall–Kier alpha value is -0.740. The normalized spacial score (nSPS) is 25.7. The van der Waals surface area contributed by atoms with Gasteiger partial charge in [-0.1, -0.05) is 0 Å². The number of thiophene rings is 1. The molecule has 0 saturated carbocycles. The van der Waals surface area contributed by atoms with Crippen LogP contribution < -0.4 is 10.1 Å². The third-order valence-corrected chi connectivity index (χ3v) is 3.82. The van der Waals surface area contributed by atoms with Gasteiger partial charge in [-0.25, -0.2) is 0 Å². The van der Waals surface area contributed by atoms with Gasteiger partial charge in [0.15, 0.2) is 5.75 Å². The molecule has 0 amide bonds. The minimum atomic E-state index is 0.324. The van der Waals surface area contributed by atoms with E-state index < -0.39 is 0 Å². The lowest BCUT2D eigenvalue weighted by Crippen LogP contribution is -2.40. The molecule has 1 N–H and O–H groups in total. The van der Waals surface area contributed by atoms with Crippen molar-refractivity contribution in [3.8, 4) is 5.75 Å². The predicted octanol–water partition coefficient (Wildman–Crippen LogP) is 2.02. The third kappa shape index (κ3) is 1.96. The Kier molecular flexibility index (Phi) is 2.54. The van der Waals surface area contributed by atoms with Gasteiger partial charge in [-0.05, 0) is 25.9 Å². The van der Waals surface area contributed by atoms with Crippen LogP contribution in [0.1, 0.15) is 12.8 Å². The summed E-state index contributed by atoms with van der Waals surface area (Å²) < 4.78 is 5.94. The van der Waals surface area contributed by atoms with E-state index in [0.717, 1.165) is 24.5 Å². The second kappa shape index (κ2) is 4.02. The monoisotopic (exact) mass is 224 g/mol. The molecule has 1 aromatic heterocycles. The van der Waals surface area contributed by atoms with E-state index in [9.17, 15) is 0 Å². The van der Waals surface area contributed by atoms with Crippen molar-refractivity contribution in [1.82, 2.24) is 4.90 Å². The lowest BCUT2D eigenvalue weighted by atomic mass is 10.2. The van der Waals surface area contributed by atoms with Gasteiger partial charge in [-0.2, -0.15) is 0 Å². The molecule has 3 heterocycles. The summed E-state index contributed by atoms with van der Waals surface area (Å²) in [5.41, 5.74) is 1.16. The van der Waals surface area contributed by atoms with E-state index >= 15 is 0 Å². The maximum atomic E-state index is 5.94. The van der Waals surface area contributed by atoms with E-state index in [4.69, 9.17) is 4.74 Å². The molecule has 1 unspecified atom stereocenters. The molecule has 1 atom stereocenters. The van der Waals surface area contributed by atoms with E-state index in [-0.39, 0.29) is 0 Å². The van der Waals surface area contributed by atoms with Crippen molar-refractivity contribution in [3.05, 3.63) is 10.8 Å². The molecule has 0 aromatic carbocycles. The molecule has 0 spiro atoms. The van der Waals surface area contributed by atoms with Crippen LogP contribution in [0.2, 0.25) is 0 Å². The Bertz CT molecular complexity index is 333. The smallest absolute Gasteiger partial charge is 0.153 e. The molecule has 0 radical (unpaired) electrons. The Morgan fingerprint density at radius 1 is 1.40 bits per heavy atom. The molecule has 0 aliphatic carbocycles. The fraction of sp³-hybridized carbons (Fsp3) is 0.636. The third-order valence-electron chi connectivity index (χ3n) is 3.10.